The maximum Gasteiger partial charge on any atom is 0.241 e. The summed E-state index contributed by atoms with van der Waals surface area (Å²) in [6.45, 7) is 3.86. The van der Waals surface area contributed by atoms with Crippen molar-refractivity contribution >= 4 is 38.9 Å². The van der Waals surface area contributed by atoms with E-state index in [1.165, 1.54) is 0 Å². The zero-order valence-corrected chi connectivity index (χ0v) is 19.6. The fraction of sp³-hybridized carbons (Fsp3) is 0.360. The lowest BCUT2D eigenvalue weighted by atomic mass is 10.0. The number of rotatable bonds is 3. The van der Waals surface area contributed by atoms with Gasteiger partial charge < -0.3 is 15.5 Å². The first-order chi connectivity index (χ1) is 15.9. The Bertz CT molecular complexity index is 1190. The van der Waals surface area contributed by atoms with Gasteiger partial charge in [0.05, 0.1) is 27.9 Å². The van der Waals surface area contributed by atoms with E-state index in [-0.39, 0.29) is 17.7 Å². The van der Waals surface area contributed by atoms with Crippen LogP contribution in [0.5, 0.6) is 0 Å². The van der Waals surface area contributed by atoms with Crippen LogP contribution in [0.3, 0.4) is 0 Å². The van der Waals surface area contributed by atoms with E-state index in [1.807, 2.05) is 49.4 Å². The molecule has 2 aliphatic heterocycles. The summed E-state index contributed by atoms with van der Waals surface area (Å²) in [4.78, 5) is 20.6. The van der Waals surface area contributed by atoms with Crippen molar-refractivity contribution < 1.29 is 13.9 Å². The largest absolute Gasteiger partial charge is 0.351 e. The van der Waals surface area contributed by atoms with Crippen LogP contribution in [0.25, 0.3) is 10.9 Å². The smallest absolute Gasteiger partial charge is 0.241 e. The second kappa shape index (κ2) is 8.95. The van der Waals surface area contributed by atoms with Crippen LogP contribution in [0.4, 0.5) is 11.5 Å². The molecule has 1 amide bonds. The van der Waals surface area contributed by atoms with Crippen LogP contribution in [0.1, 0.15) is 30.4 Å². The van der Waals surface area contributed by atoms with Crippen molar-refractivity contribution in [1.82, 2.24) is 10.3 Å². The van der Waals surface area contributed by atoms with Crippen molar-refractivity contribution in [2.24, 2.45) is 0 Å². The molecule has 2 aliphatic rings. The molecule has 0 bridgehead atoms. The van der Waals surface area contributed by atoms with E-state index < -0.39 is 10.6 Å². The second-order valence-corrected chi connectivity index (χ2v) is 11.1. The Morgan fingerprint density at radius 2 is 2.03 bits per heavy atom. The summed E-state index contributed by atoms with van der Waals surface area (Å²) in [5.41, 5.74) is 3.49. The van der Waals surface area contributed by atoms with Gasteiger partial charge in [0.15, 0.2) is 0 Å². The summed E-state index contributed by atoms with van der Waals surface area (Å²) >= 11 is 0. The minimum absolute atomic E-state index is 0.0231. The Kier molecular flexibility index (Phi) is 6.01. The molecule has 0 aliphatic carbocycles. The average Bonchev–Trinajstić information content (AvgIpc) is 2.96. The monoisotopic (exact) mass is 466 g/mol. The molecule has 0 saturated carbocycles. The van der Waals surface area contributed by atoms with Crippen LogP contribution in [0.15, 0.2) is 53.4 Å². The number of carbonyl (C=O) groups is 1. The maximum absolute atomic E-state index is 13.0. The van der Waals surface area contributed by atoms with E-state index in [4.69, 9.17) is 4.98 Å². The highest BCUT2D eigenvalue weighted by Gasteiger charge is 2.27. The van der Waals surface area contributed by atoms with E-state index in [0.29, 0.717) is 18.0 Å². The number of benzene rings is 2. The SMILES string of the molecule is Cc1cccc2c(NC(=O)C3CCCCN3)cc(N3CCS(O)(O)c4ccccc4C3)nc12. The van der Waals surface area contributed by atoms with Crippen LogP contribution >= 0.6 is 10.6 Å². The molecule has 8 heteroatoms. The first kappa shape index (κ1) is 22.2. The maximum atomic E-state index is 13.0. The zero-order chi connectivity index (χ0) is 23.0. The summed E-state index contributed by atoms with van der Waals surface area (Å²) < 4.78 is 21.5. The molecule has 5 rings (SSSR count). The number of amides is 1. The zero-order valence-electron chi connectivity index (χ0n) is 18.8. The summed E-state index contributed by atoms with van der Waals surface area (Å²) in [6, 6.07) is 15.2. The Morgan fingerprint density at radius 1 is 1.18 bits per heavy atom. The minimum Gasteiger partial charge on any atom is -0.351 e. The van der Waals surface area contributed by atoms with E-state index >= 15 is 0 Å². The fourth-order valence-corrected chi connectivity index (χ4v) is 6.26. The number of aromatic nitrogens is 1. The molecule has 1 aromatic heterocycles. The molecular weight excluding hydrogens is 436 g/mol. The van der Waals surface area contributed by atoms with Crippen molar-refractivity contribution in [1.29, 1.82) is 0 Å². The van der Waals surface area contributed by atoms with Crippen molar-refractivity contribution in [3.8, 4) is 0 Å². The molecule has 3 heterocycles. The topological polar surface area (TPSA) is 97.7 Å². The summed E-state index contributed by atoms with van der Waals surface area (Å²) in [6.07, 6.45) is 2.98. The van der Waals surface area contributed by atoms with Crippen molar-refractivity contribution in [3.63, 3.8) is 0 Å². The lowest BCUT2D eigenvalue weighted by molar-refractivity contribution is -0.118. The molecule has 174 valence electrons. The van der Waals surface area contributed by atoms with Gasteiger partial charge in [-0.05, 0) is 43.5 Å². The molecule has 4 N–H and O–H groups in total. The molecule has 7 nitrogen and oxygen atoms in total. The van der Waals surface area contributed by atoms with Gasteiger partial charge in [-0.3, -0.25) is 13.9 Å². The summed E-state index contributed by atoms with van der Waals surface area (Å²) in [5, 5.41) is 7.37. The highest BCUT2D eigenvalue weighted by atomic mass is 32.3. The van der Waals surface area contributed by atoms with Gasteiger partial charge in [-0.25, -0.2) is 4.98 Å². The number of carbonyl (C=O) groups excluding carboxylic acids is 1. The second-order valence-electron chi connectivity index (χ2n) is 8.89. The fourth-order valence-electron chi connectivity index (χ4n) is 4.72. The Balaban J connectivity index is 1.54. The van der Waals surface area contributed by atoms with Gasteiger partial charge in [-0.1, -0.05) is 42.8 Å². The lowest BCUT2D eigenvalue weighted by Gasteiger charge is -2.32. The summed E-state index contributed by atoms with van der Waals surface area (Å²) in [5.74, 6) is 0.936. The van der Waals surface area contributed by atoms with Crippen LogP contribution in [-0.2, 0) is 11.3 Å². The van der Waals surface area contributed by atoms with Gasteiger partial charge in [0.1, 0.15) is 5.82 Å². The number of hydrogen-bond acceptors (Lipinski definition) is 6. The van der Waals surface area contributed by atoms with Gasteiger partial charge in [-0.15, -0.1) is 0 Å². The quantitative estimate of drug-likeness (QED) is 0.445. The van der Waals surface area contributed by atoms with Crippen molar-refractivity contribution in [2.45, 2.75) is 43.7 Å². The molecule has 0 radical (unpaired) electrons. The third-order valence-electron chi connectivity index (χ3n) is 6.57. The molecular formula is C25H30N4O3S. The normalized spacial score (nSPS) is 21.2. The standard InChI is InChI=1S/C25H30N4O3S/c1-17-7-6-9-19-21(27-25(30)20-10-4-5-12-26-20)15-23(28-24(17)19)29-13-14-33(31,32)22-11-3-2-8-18(22)16-29/h2-3,6-9,11,15,20,26,31-32H,4-5,10,12-14,16H2,1H3,(H,27,28,30). The Labute approximate surface area is 195 Å². The molecule has 1 unspecified atom stereocenters. The first-order valence-corrected chi connectivity index (χ1v) is 13.2. The van der Waals surface area contributed by atoms with E-state index in [2.05, 4.69) is 15.5 Å². The predicted molar refractivity (Wildman–Crippen MR) is 134 cm³/mol. The molecule has 33 heavy (non-hydrogen) atoms. The van der Waals surface area contributed by atoms with Gasteiger partial charge in [-0.2, -0.15) is 10.6 Å². The van der Waals surface area contributed by atoms with Crippen LogP contribution in [0.2, 0.25) is 0 Å². The molecule has 3 aromatic rings. The average molecular weight is 467 g/mol. The third-order valence-corrected chi connectivity index (χ3v) is 8.42. The van der Waals surface area contributed by atoms with Gasteiger partial charge in [0.25, 0.3) is 0 Å². The van der Waals surface area contributed by atoms with Crippen LogP contribution < -0.4 is 15.5 Å². The van der Waals surface area contributed by atoms with Gasteiger partial charge in [0, 0.05) is 24.5 Å². The summed E-state index contributed by atoms with van der Waals surface area (Å²) in [7, 11) is -2.86. The highest BCUT2D eigenvalue weighted by Crippen LogP contribution is 2.51. The molecule has 2 aromatic carbocycles. The lowest BCUT2D eigenvalue weighted by Crippen LogP contribution is -2.43. The first-order valence-electron chi connectivity index (χ1n) is 11.5. The number of pyridine rings is 1. The Hall–Kier alpha value is -2.65. The van der Waals surface area contributed by atoms with E-state index in [9.17, 15) is 13.9 Å². The third kappa shape index (κ3) is 4.44. The Morgan fingerprint density at radius 3 is 2.85 bits per heavy atom. The number of nitrogens with zero attached hydrogens (tertiary/aromatic N) is 2. The number of hydrogen-bond donors (Lipinski definition) is 4. The minimum atomic E-state index is -2.86. The molecule has 1 saturated heterocycles. The number of piperidine rings is 1. The predicted octanol–water partition coefficient (Wildman–Crippen LogP) is 4.75. The van der Waals surface area contributed by atoms with Crippen LogP contribution in [0, 0.1) is 6.92 Å². The van der Waals surface area contributed by atoms with Gasteiger partial charge >= 0.3 is 0 Å². The van der Waals surface area contributed by atoms with Crippen molar-refractivity contribution in [3.05, 3.63) is 59.7 Å². The van der Waals surface area contributed by atoms with Crippen LogP contribution in [-0.4, -0.2) is 44.9 Å². The van der Waals surface area contributed by atoms with Crippen molar-refractivity contribution in [2.75, 3.05) is 29.1 Å². The highest BCUT2D eigenvalue weighted by molar-refractivity contribution is 8.24. The molecule has 1 fully saturated rings. The molecule has 0 spiro atoms. The number of fused-ring (bicyclic) bond motifs is 2. The molecule has 1 atom stereocenters. The number of nitrogens with one attached hydrogen (secondary N) is 2. The van der Waals surface area contributed by atoms with E-state index in [1.54, 1.807) is 6.07 Å². The van der Waals surface area contributed by atoms with E-state index in [0.717, 1.165) is 59.3 Å². The van der Waals surface area contributed by atoms with Gasteiger partial charge in [0.2, 0.25) is 5.91 Å². The number of aryl methyl sites for hydroxylation is 1. The number of para-hydroxylation sites is 1. The number of anilines is 2.